The molecule has 6 nitrogen and oxygen atoms in total. The zero-order chi connectivity index (χ0) is 31.2. The number of nitrogens with zero attached hydrogens (tertiary/aromatic N) is 4. The van der Waals surface area contributed by atoms with Gasteiger partial charge in [0.05, 0.1) is 33.5 Å². The topological polar surface area (TPSA) is 49.9 Å². The van der Waals surface area contributed by atoms with Crippen LogP contribution < -0.4 is 10.5 Å². The monoisotopic (exact) mass is 632 g/mol. The molecule has 0 radical (unpaired) electrons. The van der Waals surface area contributed by atoms with Gasteiger partial charge in [0.25, 0.3) is 11.2 Å². The van der Waals surface area contributed by atoms with Crippen LogP contribution in [-0.4, -0.2) is 41.1 Å². The number of carbonyl (C=O) groups excluding carboxylic acids is 1. The number of hydrogen-bond acceptors (Lipinski definition) is 3. The van der Waals surface area contributed by atoms with Crippen molar-refractivity contribution in [1.29, 1.82) is 0 Å². The van der Waals surface area contributed by atoms with E-state index in [0.717, 1.165) is 16.7 Å². The Hall–Kier alpha value is -3.76. The third kappa shape index (κ3) is 5.31. The van der Waals surface area contributed by atoms with E-state index in [4.69, 9.17) is 41.4 Å². The Labute approximate surface area is 266 Å². The van der Waals surface area contributed by atoms with Crippen LogP contribution >= 0.6 is 34.8 Å². The Balaban J connectivity index is 1.88. The quantitative estimate of drug-likeness (QED) is 0.163. The van der Waals surface area contributed by atoms with E-state index in [1.165, 1.54) is 6.08 Å². The third-order valence-corrected chi connectivity index (χ3v) is 9.36. The number of carbonyl (C=O) groups is 1. The molecule has 0 saturated carbocycles. The van der Waals surface area contributed by atoms with Crippen molar-refractivity contribution in [2.75, 3.05) is 24.5 Å². The predicted octanol–water partition coefficient (Wildman–Crippen LogP) is 8.82. The summed E-state index contributed by atoms with van der Waals surface area (Å²) in [5.41, 5.74) is 4.65. The highest BCUT2D eigenvalue weighted by atomic mass is 35.5. The minimum Gasteiger partial charge on any atom is -0.373 e. The molecular weight excluding hydrogens is 603 g/mol. The van der Waals surface area contributed by atoms with Crippen molar-refractivity contribution in [3.8, 4) is 16.8 Å². The summed E-state index contributed by atoms with van der Waals surface area (Å²) in [6.45, 7) is 21.1. The summed E-state index contributed by atoms with van der Waals surface area (Å²) in [5, 5.41) is 1.99. The van der Waals surface area contributed by atoms with Crippen molar-refractivity contribution in [3.63, 3.8) is 0 Å². The first-order valence-electron chi connectivity index (χ1n) is 14.0. The molecule has 43 heavy (non-hydrogen) atoms. The molecule has 4 aromatic rings. The zero-order valence-corrected chi connectivity index (χ0v) is 26.7. The zero-order valence-electron chi connectivity index (χ0n) is 24.4. The molecule has 1 aromatic heterocycles. The van der Waals surface area contributed by atoms with Crippen LogP contribution in [0.1, 0.15) is 37.8 Å². The summed E-state index contributed by atoms with van der Waals surface area (Å²) in [6, 6.07) is 14.9. The summed E-state index contributed by atoms with van der Waals surface area (Å²) < 4.78 is 1.64. The lowest BCUT2D eigenvalue weighted by Gasteiger charge is -2.42. The minimum atomic E-state index is -0.415. The maximum atomic E-state index is 14.4. The Bertz CT molecular complexity index is 1890. The van der Waals surface area contributed by atoms with E-state index in [-0.39, 0.29) is 23.6 Å². The SMILES string of the molecule is [C-]#[N+]c1c(N2CCN(C(=O)C=C)C[C@@H]2C)c2cc(Cl)c(-c3ccc(Cl)c(Cl)c3C)cc2n(-c2ccccc2C(C)C)c1=O. The van der Waals surface area contributed by atoms with Crippen molar-refractivity contribution < 1.29 is 4.79 Å². The van der Waals surface area contributed by atoms with Crippen molar-refractivity contribution in [1.82, 2.24) is 9.47 Å². The number of aromatic nitrogens is 1. The van der Waals surface area contributed by atoms with Gasteiger partial charge in [-0.15, -0.1) is 0 Å². The molecule has 1 saturated heterocycles. The van der Waals surface area contributed by atoms with E-state index in [2.05, 4.69) is 25.3 Å². The maximum absolute atomic E-state index is 14.4. The second-order valence-corrected chi connectivity index (χ2v) is 12.3. The highest BCUT2D eigenvalue weighted by molar-refractivity contribution is 6.43. The molecule has 0 unspecified atom stereocenters. The van der Waals surface area contributed by atoms with Crippen LogP contribution in [0, 0.1) is 13.5 Å². The van der Waals surface area contributed by atoms with Crippen molar-refractivity contribution in [2.24, 2.45) is 0 Å². The molecule has 0 bridgehead atoms. The van der Waals surface area contributed by atoms with Crippen LogP contribution in [-0.2, 0) is 4.79 Å². The van der Waals surface area contributed by atoms with Crippen LogP contribution in [0.25, 0.3) is 32.6 Å². The smallest absolute Gasteiger partial charge is 0.274 e. The van der Waals surface area contributed by atoms with Gasteiger partial charge in [-0.3, -0.25) is 14.2 Å². The Morgan fingerprint density at radius 2 is 1.79 bits per heavy atom. The van der Waals surface area contributed by atoms with Gasteiger partial charge < -0.3 is 9.80 Å². The number of anilines is 1. The number of para-hydroxylation sites is 1. The fourth-order valence-corrected chi connectivity index (χ4v) is 6.59. The maximum Gasteiger partial charge on any atom is 0.274 e. The van der Waals surface area contributed by atoms with E-state index in [9.17, 15) is 9.59 Å². The normalized spacial score (nSPS) is 15.2. The summed E-state index contributed by atoms with van der Waals surface area (Å²) in [5.74, 6) is -0.0269. The molecule has 0 spiro atoms. The summed E-state index contributed by atoms with van der Waals surface area (Å²) >= 11 is 19.9. The summed E-state index contributed by atoms with van der Waals surface area (Å²) in [4.78, 5) is 34.4. The average molecular weight is 634 g/mol. The van der Waals surface area contributed by atoms with E-state index in [1.807, 2.05) is 61.2 Å². The van der Waals surface area contributed by atoms with E-state index in [1.54, 1.807) is 15.5 Å². The van der Waals surface area contributed by atoms with Crippen LogP contribution in [0.3, 0.4) is 0 Å². The van der Waals surface area contributed by atoms with Gasteiger partial charge in [-0.25, -0.2) is 4.85 Å². The molecule has 1 fully saturated rings. The molecule has 9 heteroatoms. The molecule has 5 rings (SSSR count). The van der Waals surface area contributed by atoms with Gasteiger partial charge in [-0.2, -0.15) is 0 Å². The first-order chi connectivity index (χ1) is 20.5. The molecule has 220 valence electrons. The van der Waals surface area contributed by atoms with Crippen LogP contribution in [0.15, 0.2) is 66.0 Å². The summed E-state index contributed by atoms with van der Waals surface area (Å²) in [7, 11) is 0. The molecule has 2 heterocycles. The number of benzene rings is 3. The lowest BCUT2D eigenvalue weighted by molar-refractivity contribution is -0.126. The average Bonchev–Trinajstić information content (AvgIpc) is 2.99. The third-order valence-electron chi connectivity index (χ3n) is 8.15. The Kier molecular flexibility index (Phi) is 8.63. The largest absolute Gasteiger partial charge is 0.373 e. The van der Waals surface area contributed by atoms with Crippen LogP contribution in [0.4, 0.5) is 11.4 Å². The van der Waals surface area contributed by atoms with Gasteiger partial charge in [0.1, 0.15) is 0 Å². The standard InChI is InChI=1S/C34H31Cl3N4O2/c1-7-30(42)39-14-15-40(20(4)18-39)33-25-16-27(36)24(23-12-13-26(35)31(37)21(23)5)17-29(25)41(34(43)32(33)38-6)28-11-9-8-10-22(28)19(2)3/h7-13,16-17,19-20H,1,14-15,18H2,2-5H3/t20-/m0/s1. The fourth-order valence-electron chi connectivity index (χ4n) is 5.96. The van der Waals surface area contributed by atoms with E-state index >= 15 is 0 Å². The van der Waals surface area contributed by atoms with E-state index < -0.39 is 5.56 Å². The predicted molar refractivity (Wildman–Crippen MR) is 179 cm³/mol. The van der Waals surface area contributed by atoms with Gasteiger partial charge in [-0.05, 0) is 66.8 Å². The Morgan fingerprint density at radius 3 is 2.44 bits per heavy atom. The van der Waals surface area contributed by atoms with Gasteiger partial charge >= 0.3 is 0 Å². The first kappa shape index (κ1) is 30.7. The number of fused-ring (bicyclic) bond motifs is 1. The van der Waals surface area contributed by atoms with Crippen LogP contribution in [0.2, 0.25) is 15.1 Å². The van der Waals surface area contributed by atoms with Crippen molar-refractivity contribution in [2.45, 2.75) is 39.7 Å². The molecule has 1 amide bonds. The highest BCUT2D eigenvalue weighted by Crippen LogP contribution is 2.43. The number of piperazine rings is 1. The lowest BCUT2D eigenvalue weighted by atomic mass is 9.96. The number of amides is 1. The fraction of sp³-hybridized carbons (Fsp3) is 0.265. The van der Waals surface area contributed by atoms with Crippen LogP contribution in [0.5, 0.6) is 0 Å². The van der Waals surface area contributed by atoms with Crippen molar-refractivity contribution >= 4 is 63.0 Å². The highest BCUT2D eigenvalue weighted by Gasteiger charge is 2.31. The van der Waals surface area contributed by atoms with Gasteiger partial charge in [0.15, 0.2) is 0 Å². The number of pyridine rings is 1. The van der Waals surface area contributed by atoms with Gasteiger partial charge in [0.2, 0.25) is 5.91 Å². The molecule has 1 aliphatic heterocycles. The summed E-state index contributed by atoms with van der Waals surface area (Å²) in [6.07, 6.45) is 1.31. The van der Waals surface area contributed by atoms with E-state index in [0.29, 0.717) is 62.5 Å². The number of rotatable bonds is 5. The van der Waals surface area contributed by atoms with Gasteiger partial charge in [-0.1, -0.05) is 79.5 Å². The first-order valence-corrected chi connectivity index (χ1v) is 15.1. The molecule has 0 aliphatic carbocycles. The lowest BCUT2D eigenvalue weighted by Crippen LogP contribution is -2.53. The number of halogens is 3. The second-order valence-electron chi connectivity index (χ2n) is 11.1. The van der Waals surface area contributed by atoms with Gasteiger partial charge in [0, 0.05) is 41.6 Å². The molecule has 1 atom stereocenters. The second kappa shape index (κ2) is 12.1. The molecule has 3 aromatic carbocycles. The molecule has 1 aliphatic rings. The minimum absolute atomic E-state index is 0.0101. The molecular formula is C34H31Cl3N4O2. The molecule has 0 N–H and O–H groups in total. The number of hydrogen-bond donors (Lipinski definition) is 0. The Morgan fingerprint density at radius 1 is 1.07 bits per heavy atom. The van der Waals surface area contributed by atoms with Crippen molar-refractivity contribution in [3.05, 3.63) is 109 Å².